The second-order valence-electron chi connectivity index (χ2n) is 8.44. The van der Waals surface area contributed by atoms with Crippen molar-refractivity contribution >= 4 is 5.82 Å². The van der Waals surface area contributed by atoms with E-state index in [-0.39, 0.29) is 0 Å². The molecular formula is C22H32N6. The lowest BCUT2D eigenvalue weighted by Gasteiger charge is -2.39. The minimum atomic E-state index is 0.367. The van der Waals surface area contributed by atoms with Gasteiger partial charge in [0, 0.05) is 44.5 Å². The molecule has 6 heteroatoms. The Balaban J connectivity index is 1.53. The Labute approximate surface area is 168 Å². The third-order valence-corrected chi connectivity index (χ3v) is 6.11. The molecule has 1 aliphatic carbocycles. The van der Waals surface area contributed by atoms with E-state index in [2.05, 4.69) is 53.9 Å². The fourth-order valence-electron chi connectivity index (χ4n) is 4.70. The van der Waals surface area contributed by atoms with E-state index in [1.807, 2.05) is 13.1 Å². The van der Waals surface area contributed by atoms with Crippen LogP contribution < -0.4 is 4.90 Å². The molecule has 4 rings (SSSR count). The van der Waals surface area contributed by atoms with Gasteiger partial charge in [-0.1, -0.05) is 6.07 Å². The van der Waals surface area contributed by atoms with Gasteiger partial charge in [0.25, 0.3) is 0 Å². The van der Waals surface area contributed by atoms with Crippen molar-refractivity contribution in [3.8, 4) is 0 Å². The maximum atomic E-state index is 4.75. The number of hydrogen-bond acceptors (Lipinski definition) is 6. The molecule has 3 heterocycles. The van der Waals surface area contributed by atoms with E-state index in [1.165, 1.54) is 17.7 Å². The van der Waals surface area contributed by atoms with E-state index in [0.29, 0.717) is 12.1 Å². The van der Waals surface area contributed by atoms with Gasteiger partial charge in [0.15, 0.2) is 0 Å². The maximum Gasteiger partial charge on any atom is 0.132 e. The molecule has 0 bridgehead atoms. The molecule has 0 amide bonds. The monoisotopic (exact) mass is 380 g/mol. The molecule has 150 valence electrons. The normalized spacial score (nSPS) is 23.1. The lowest BCUT2D eigenvalue weighted by molar-refractivity contribution is 0.206. The summed E-state index contributed by atoms with van der Waals surface area (Å²) in [6.07, 6.45) is 5.45. The summed E-state index contributed by atoms with van der Waals surface area (Å²) in [6.45, 7) is 8.27. The number of aryl methyl sites for hydroxylation is 2. The van der Waals surface area contributed by atoms with E-state index in [0.717, 1.165) is 56.4 Å². The van der Waals surface area contributed by atoms with Gasteiger partial charge in [-0.2, -0.15) is 0 Å². The summed E-state index contributed by atoms with van der Waals surface area (Å²) in [4.78, 5) is 21.4. The number of fused-ring (bicyclic) bond motifs is 1. The molecule has 0 spiro atoms. The highest BCUT2D eigenvalue weighted by Gasteiger charge is 2.26. The Morgan fingerprint density at radius 3 is 2.93 bits per heavy atom. The van der Waals surface area contributed by atoms with Gasteiger partial charge in [0.2, 0.25) is 0 Å². The van der Waals surface area contributed by atoms with Crippen LogP contribution in [0.25, 0.3) is 0 Å². The molecule has 1 fully saturated rings. The zero-order valence-corrected chi connectivity index (χ0v) is 17.6. The fourth-order valence-corrected chi connectivity index (χ4v) is 4.70. The highest BCUT2D eigenvalue weighted by atomic mass is 15.3. The van der Waals surface area contributed by atoms with E-state index in [9.17, 15) is 0 Å². The van der Waals surface area contributed by atoms with E-state index in [1.54, 1.807) is 0 Å². The van der Waals surface area contributed by atoms with Crippen molar-refractivity contribution in [1.29, 1.82) is 0 Å². The number of rotatable bonds is 4. The van der Waals surface area contributed by atoms with Crippen LogP contribution in [-0.4, -0.2) is 64.5 Å². The predicted octanol–water partition coefficient (Wildman–Crippen LogP) is 2.83. The number of pyridine rings is 1. The highest BCUT2D eigenvalue weighted by molar-refractivity contribution is 5.42. The van der Waals surface area contributed by atoms with Gasteiger partial charge in [0.05, 0.1) is 17.4 Å². The van der Waals surface area contributed by atoms with Crippen LogP contribution in [0.15, 0.2) is 24.4 Å². The molecule has 2 aliphatic rings. The van der Waals surface area contributed by atoms with Gasteiger partial charge in [-0.05, 0) is 58.8 Å². The van der Waals surface area contributed by atoms with Crippen molar-refractivity contribution in [3.63, 3.8) is 0 Å². The van der Waals surface area contributed by atoms with Gasteiger partial charge in [-0.25, -0.2) is 9.97 Å². The summed E-state index contributed by atoms with van der Waals surface area (Å²) < 4.78 is 0. The number of likely N-dealkylation sites (N-methyl/N-ethyl adjacent to an activating group) is 1. The highest BCUT2D eigenvalue weighted by Crippen LogP contribution is 2.32. The van der Waals surface area contributed by atoms with Crippen molar-refractivity contribution in [2.45, 2.75) is 51.7 Å². The molecule has 0 radical (unpaired) electrons. The number of hydrogen-bond donors (Lipinski definition) is 0. The summed E-state index contributed by atoms with van der Waals surface area (Å²) in [6, 6.07) is 7.30. The smallest absolute Gasteiger partial charge is 0.132 e. The molecule has 1 saturated heterocycles. The minimum Gasteiger partial charge on any atom is -0.351 e. The Morgan fingerprint density at radius 2 is 2.11 bits per heavy atom. The number of anilines is 1. The fraction of sp³-hybridized carbons (Fsp3) is 0.591. The maximum absolute atomic E-state index is 4.75. The van der Waals surface area contributed by atoms with E-state index < -0.39 is 0 Å². The van der Waals surface area contributed by atoms with Gasteiger partial charge in [-0.15, -0.1) is 0 Å². The SMILES string of the molecule is Cc1nc(CN(C)[C@H]2CCCc3cccnc32)cc(N2CCN(C)C[C@@H]2C)n1. The van der Waals surface area contributed by atoms with Crippen LogP contribution in [0.1, 0.15) is 48.6 Å². The van der Waals surface area contributed by atoms with Crippen molar-refractivity contribution < 1.29 is 0 Å². The van der Waals surface area contributed by atoms with Crippen molar-refractivity contribution in [2.24, 2.45) is 0 Å². The minimum absolute atomic E-state index is 0.367. The van der Waals surface area contributed by atoms with Crippen LogP contribution in [0.2, 0.25) is 0 Å². The Kier molecular flexibility index (Phi) is 5.60. The predicted molar refractivity (Wildman–Crippen MR) is 112 cm³/mol. The largest absolute Gasteiger partial charge is 0.351 e. The van der Waals surface area contributed by atoms with Crippen molar-refractivity contribution in [2.75, 3.05) is 38.6 Å². The van der Waals surface area contributed by atoms with Crippen molar-refractivity contribution in [3.05, 3.63) is 47.2 Å². The van der Waals surface area contributed by atoms with E-state index in [4.69, 9.17) is 15.0 Å². The van der Waals surface area contributed by atoms with Gasteiger partial charge < -0.3 is 9.80 Å². The van der Waals surface area contributed by atoms with E-state index >= 15 is 0 Å². The summed E-state index contributed by atoms with van der Waals surface area (Å²) in [5.41, 5.74) is 3.74. The summed E-state index contributed by atoms with van der Waals surface area (Å²) in [5.74, 6) is 1.92. The Morgan fingerprint density at radius 1 is 1.25 bits per heavy atom. The van der Waals surface area contributed by atoms with Gasteiger partial charge in [-0.3, -0.25) is 9.88 Å². The molecule has 2 aromatic rings. The standard InChI is InChI=1S/C22H32N6/c1-16-14-26(3)11-12-28(16)21-13-19(24-17(2)25-21)15-27(4)20-9-5-7-18-8-6-10-23-22(18)20/h6,8,10,13,16,20H,5,7,9,11-12,14-15H2,1-4H3/t16-,20-/m0/s1. The first-order valence-corrected chi connectivity index (χ1v) is 10.4. The Hall–Kier alpha value is -2.05. The quantitative estimate of drug-likeness (QED) is 0.813. The zero-order chi connectivity index (χ0) is 19.7. The summed E-state index contributed by atoms with van der Waals surface area (Å²) >= 11 is 0. The van der Waals surface area contributed by atoms with Crippen LogP contribution in [-0.2, 0) is 13.0 Å². The summed E-state index contributed by atoms with van der Waals surface area (Å²) in [7, 11) is 4.39. The van der Waals surface area contributed by atoms with Crippen LogP contribution in [0, 0.1) is 6.92 Å². The molecule has 0 aromatic carbocycles. The molecular weight excluding hydrogens is 348 g/mol. The summed E-state index contributed by atoms with van der Waals surface area (Å²) in [5, 5.41) is 0. The average Bonchev–Trinajstić information content (AvgIpc) is 2.67. The lowest BCUT2D eigenvalue weighted by atomic mass is 9.91. The van der Waals surface area contributed by atoms with Crippen LogP contribution in [0.4, 0.5) is 5.82 Å². The Bertz CT molecular complexity index is 822. The first kappa shape index (κ1) is 19.3. The second-order valence-corrected chi connectivity index (χ2v) is 8.44. The number of nitrogens with zero attached hydrogens (tertiary/aromatic N) is 6. The lowest BCUT2D eigenvalue weighted by Crippen LogP contribution is -2.51. The first-order valence-electron chi connectivity index (χ1n) is 10.4. The third-order valence-electron chi connectivity index (χ3n) is 6.11. The molecule has 0 unspecified atom stereocenters. The van der Waals surface area contributed by atoms with Crippen LogP contribution in [0.3, 0.4) is 0 Å². The van der Waals surface area contributed by atoms with Crippen LogP contribution >= 0.6 is 0 Å². The number of aromatic nitrogens is 3. The molecule has 6 nitrogen and oxygen atoms in total. The first-order chi connectivity index (χ1) is 13.5. The molecule has 28 heavy (non-hydrogen) atoms. The molecule has 2 atom stereocenters. The number of piperazine rings is 1. The van der Waals surface area contributed by atoms with Gasteiger partial charge in [0.1, 0.15) is 11.6 Å². The molecule has 1 aliphatic heterocycles. The van der Waals surface area contributed by atoms with Gasteiger partial charge >= 0.3 is 0 Å². The van der Waals surface area contributed by atoms with Crippen molar-refractivity contribution in [1.82, 2.24) is 24.8 Å². The third kappa shape index (κ3) is 4.03. The van der Waals surface area contributed by atoms with Crippen LogP contribution in [0.5, 0.6) is 0 Å². The molecule has 2 aromatic heterocycles. The molecule has 0 N–H and O–H groups in total. The average molecular weight is 381 g/mol. The topological polar surface area (TPSA) is 48.4 Å². The zero-order valence-electron chi connectivity index (χ0n) is 17.6. The molecule has 0 saturated carbocycles. The second kappa shape index (κ2) is 8.13.